The molecule has 14 heteroatoms. The van der Waals surface area contributed by atoms with Gasteiger partial charge in [0, 0.05) is 13.0 Å². The summed E-state index contributed by atoms with van der Waals surface area (Å²) in [5.74, 6) is -1.97. The molecule has 14 nitrogen and oxygen atoms in total. The Hall–Kier alpha value is -5.63. The molecule has 9 N–H and O–H groups in total. The lowest BCUT2D eigenvalue weighted by atomic mass is 9.96. The van der Waals surface area contributed by atoms with Crippen LogP contribution in [0.4, 0.5) is 4.79 Å². The number of nitrogens with two attached hydrogens (primary N) is 2. The molecule has 0 unspecified atom stereocenters. The number of guanidine groups is 1. The van der Waals surface area contributed by atoms with E-state index >= 15 is 0 Å². The maximum atomic E-state index is 13.9. The Bertz CT molecular complexity index is 1540. The van der Waals surface area contributed by atoms with E-state index in [9.17, 15) is 24.3 Å². The Morgan fingerprint density at radius 1 is 0.804 bits per heavy atom. The summed E-state index contributed by atoms with van der Waals surface area (Å²) in [7, 11) is 0. The first-order valence-corrected chi connectivity index (χ1v) is 16.8. The molecule has 0 radical (unpaired) electrons. The summed E-state index contributed by atoms with van der Waals surface area (Å²) in [6.07, 6.45) is -1.40. The zero-order valence-corrected chi connectivity index (χ0v) is 29.0. The van der Waals surface area contributed by atoms with Gasteiger partial charge in [-0.25, -0.2) is 4.79 Å². The second kappa shape index (κ2) is 21.5. The Kier molecular flexibility index (Phi) is 16.7. The molecule has 0 spiro atoms. The van der Waals surface area contributed by atoms with Crippen molar-refractivity contribution in [1.29, 1.82) is 0 Å². The van der Waals surface area contributed by atoms with Gasteiger partial charge in [0.05, 0.1) is 18.6 Å². The van der Waals surface area contributed by atoms with Crippen LogP contribution in [0.5, 0.6) is 0 Å². The minimum absolute atomic E-state index is 0.0365. The van der Waals surface area contributed by atoms with Crippen molar-refractivity contribution < 1.29 is 33.9 Å². The van der Waals surface area contributed by atoms with Crippen molar-refractivity contribution in [3.05, 3.63) is 108 Å². The van der Waals surface area contributed by atoms with Crippen molar-refractivity contribution in [3.63, 3.8) is 0 Å². The summed E-state index contributed by atoms with van der Waals surface area (Å²) in [4.78, 5) is 58.2. The molecular formula is C37H49N7O7. The van der Waals surface area contributed by atoms with Crippen molar-refractivity contribution in [2.75, 3.05) is 13.2 Å². The van der Waals surface area contributed by atoms with Gasteiger partial charge in [0.15, 0.2) is 0 Å². The van der Waals surface area contributed by atoms with Gasteiger partial charge in [0.25, 0.3) is 0 Å². The summed E-state index contributed by atoms with van der Waals surface area (Å²) in [5, 5.41) is 25.5. The number of ether oxygens (including phenoxy) is 1. The van der Waals surface area contributed by atoms with Crippen LogP contribution in [0.25, 0.3) is 0 Å². The van der Waals surface area contributed by atoms with E-state index in [1.165, 1.54) is 0 Å². The number of nitrogens with one attached hydrogen (secondary N) is 4. The van der Waals surface area contributed by atoms with Gasteiger partial charge >= 0.3 is 6.09 Å². The van der Waals surface area contributed by atoms with Crippen LogP contribution in [0.1, 0.15) is 55.8 Å². The van der Waals surface area contributed by atoms with Crippen LogP contribution >= 0.6 is 0 Å². The van der Waals surface area contributed by atoms with Crippen molar-refractivity contribution in [2.45, 2.75) is 70.4 Å². The minimum atomic E-state index is -1.23. The van der Waals surface area contributed by atoms with E-state index in [2.05, 4.69) is 26.4 Å². The van der Waals surface area contributed by atoms with Crippen LogP contribution in [0.2, 0.25) is 0 Å². The maximum absolute atomic E-state index is 13.9. The molecule has 0 aliphatic rings. The smallest absolute Gasteiger partial charge is 0.408 e. The minimum Gasteiger partial charge on any atom is -0.445 e. The number of nitrogens with zero attached hydrogens (tertiary/aromatic N) is 1. The molecule has 4 amide bonds. The van der Waals surface area contributed by atoms with Crippen LogP contribution in [0, 0.1) is 5.92 Å². The second-order valence-corrected chi connectivity index (χ2v) is 12.4. The summed E-state index contributed by atoms with van der Waals surface area (Å²) < 4.78 is 5.31. The number of aliphatic hydroxyl groups excluding tert-OH is 1. The molecular weight excluding hydrogens is 654 g/mol. The molecule has 274 valence electrons. The van der Waals surface area contributed by atoms with E-state index in [1.54, 1.807) is 54.6 Å². The molecule has 0 saturated carbocycles. The third kappa shape index (κ3) is 15.2. The van der Waals surface area contributed by atoms with Crippen molar-refractivity contribution in [3.8, 4) is 0 Å². The highest BCUT2D eigenvalue weighted by Gasteiger charge is 2.32. The highest BCUT2D eigenvalue weighted by molar-refractivity contribution is 5.92. The molecule has 0 fully saturated rings. The van der Waals surface area contributed by atoms with E-state index in [0.29, 0.717) is 24.9 Å². The van der Waals surface area contributed by atoms with Crippen LogP contribution in [0.3, 0.4) is 0 Å². The first-order chi connectivity index (χ1) is 24.5. The highest BCUT2D eigenvalue weighted by atomic mass is 16.6. The predicted molar refractivity (Wildman–Crippen MR) is 192 cm³/mol. The molecule has 3 aromatic rings. The maximum Gasteiger partial charge on any atom is 0.408 e. The van der Waals surface area contributed by atoms with Gasteiger partial charge in [-0.15, -0.1) is 0 Å². The number of rotatable bonds is 20. The third-order valence-corrected chi connectivity index (χ3v) is 7.66. The number of carbonyl (C=O) groups excluding carboxylic acids is 4. The lowest BCUT2D eigenvalue weighted by Crippen LogP contribution is -2.53. The SMILES string of the molecule is CC(C)C[C@H](NC(=O)[C@@H](NC(=O)[C@H](CCON=C(N)N)NC(=O)OCc1ccccc1)c1ccccc1)[C@@H](O)CC(=O)NCCc1ccccc1. The van der Waals surface area contributed by atoms with Gasteiger partial charge in [0.2, 0.25) is 23.7 Å². The van der Waals surface area contributed by atoms with Gasteiger partial charge < -0.3 is 47.4 Å². The number of hydrogen-bond donors (Lipinski definition) is 7. The number of carbonyl (C=O) groups is 4. The lowest BCUT2D eigenvalue weighted by molar-refractivity contribution is -0.131. The number of hydrogen-bond acceptors (Lipinski definition) is 8. The van der Waals surface area contributed by atoms with Gasteiger partial charge in [-0.05, 0) is 40.6 Å². The second-order valence-electron chi connectivity index (χ2n) is 12.4. The molecule has 51 heavy (non-hydrogen) atoms. The molecule has 3 rings (SSSR count). The van der Waals surface area contributed by atoms with E-state index in [1.807, 2.05) is 50.2 Å². The van der Waals surface area contributed by atoms with E-state index in [0.717, 1.165) is 11.1 Å². The van der Waals surface area contributed by atoms with Gasteiger partial charge in [0.1, 0.15) is 25.3 Å². The van der Waals surface area contributed by atoms with Crippen molar-refractivity contribution >= 4 is 29.8 Å². The van der Waals surface area contributed by atoms with Crippen molar-refractivity contribution in [1.82, 2.24) is 21.3 Å². The summed E-state index contributed by atoms with van der Waals surface area (Å²) in [6, 6.07) is 23.9. The van der Waals surface area contributed by atoms with Crippen molar-refractivity contribution in [2.24, 2.45) is 22.5 Å². The molecule has 4 atom stereocenters. The standard InChI is InChI=1S/C37H49N7O7/c1-25(2)22-30(31(45)23-32(46)40-20-18-26-12-6-3-7-13-26)41-35(48)33(28-16-10-5-11-17-28)43-34(47)29(19-21-51-44-36(38)39)42-37(49)50-24-27-14-8-4-9-15-27/h3-17,25,29-31,33,45H,18-24H2,1-2H3,(H,40,46)(H,41,48)(H,42,49)(H,43,47)(H4,38,39,44)/t29-,30-,31-,33-/m0/s1. The highest BCUT2D eigenvalue weighted by Crippen LogP contribution is 2.17. The number of benzene rings is 3. The van der Waals surface area contributed by atoms with Gasteiger partial charge in [-0.1, -0.05) is 105 Å². The van der Waals surface area contributed by atoms with Crippen LogP contribution < -0.4 is 32.7 Å². The average Bonchev–Trinajstić information content (AvgIpc) is 3.11. The van der Waals surface area contributed by atoms with E-state index < -0.39 is 42.1 Å². The largest absolute Gasteiger partial charge is 0.445 e. The van der Waals surface area contributed by atoms with Gasteiger partial charge in [-0.2, -0.15) is 0 Å². The average molecular weight is 704 g/mol. The lowest BCUT2D eigenvalue weighted by Gasteiger charge is -2.29. The van der Waals surface area contributed by atoms with Crippen LogP contribution in [-0.4, -0.2) is 66.2 Å². The topological polar surface area (TPSA) is 219 Å². The fourth-order valence-corrected chi connectivity index (χ4v) is 5.14. The number of alkyl carbamates (subject to hydrolysis) is 1. The Morgan fingerprint density at radius 3 is 2.02 bits per heavy atom. The quantitative estimate of drug-likeness (QED) is 0.0397. The molecule has 0 aromatic heterocycles. The fraction of sp³-hybridized carbons (Fsp3) is 0.378. The monoisotopic (exact) mass is 703 g/mol. The number of aliphatic hydroxyl groups is 1. The van der Waals surface area contributed by atoms with Gasteiger partial charge in [-0.3, -0.25) is 14.4 Å². The fourth-order valence-electron chi connectivity index (χ4n) is 5.14. The predicted octanol–water partition coefficient (Wildman–Crippen LogP) is 2.37. The molecule has 0 heterocycles. The van der Waals surface area contributed by atoms with E-state index in [4.69, 9.17) is 21.0 Å². The molecule has 0 saturated heterocycles. The van der Waals surface area contributed by atoms with Crippen LogP contribution in [-0.2, 0) is 37.0 Å². The normalized spacial score (nSPS) is 13.1. The van der Waals surface area contributed by atoms with E-state index in [-0.39, 0.29) is 43.8 Å². The zero-order valence-electron chi connectivity index (χ0n) is 29.0. The zero-order chi connectivity index (χ0) is 37.0. The number of oxime groups is 1. The first kappa shape index (κ1) is 39.8. The summed E-state index contributed by atoms with van der Waals surface area (Å²) in [6.45, 7) is 4.06. The first-order valence-electron chi connectivity index (χ1n) is 16.8. The van der Waals surface area contributed by atoms with Crippen LogP contribution in [0.15, 0.2) is 96.2 Å². The summed E-state index contributed by atoms with van der Waals surface area (Å²) >= 11 is 0. The molecule has 0 aliphatic heterocycles. The third-order valence-electron chi connectivity index (χ3n) is 7.66. The summed E-state index contributed by atoms with van der Waals surface area (Å²) in [5.41, 5.74) is 12.9. The Labute approximate surface area is 298 Å². The Balaban J connectivity index is 1.72. The molecule has 0 bridgehead atoms. The Morgan fingerprint density at radius 2 is 1.41 bits per heavy atom. The number of amides is 4. The molecule has 0 aliphatic carbocycles. The molecule has 3 aromatic carbocycles.